The van der Waals surface area contributed by atoms with Gasteiger partial charge in [0.15, 0.2) is 0 Å². The number of benzene rings is 2. The number of halogens is 2. The first-order chi connectivity index (χ1) is 31.6. The Hall–Kier alpha value is -6.20. The highest BCUT2D eigenvalue weighted by Crippen LogP contribution is 2.35. The molecule has 1 unspecified atom stereocenters. The summed E-state index contributed by atoms with van der Waals surface area (Å²) >= 11 is 0. The first-order valence-electron chi connectivity index (χ1n) is 22.8. The number of hydrogen-bond acceptors (Lipinski definition) is 12. The molecule has 4 N–H and O–H groups in total. The predicted octanol–water partition coefficient (Wildman–Crippen LogP) is 4.85. The van der Waals surface area contributed by atoms with Gasteiger partial charge >= 0.3 is 0 Å². The Labute approximate surface area is 376 Å². The number of amides is 5. The molecule has 1 aromatic heterocycles. The molecule has 8 rings (SSSR count). The normalized spacial score (nSPS) is 20.2. The second-order valence-corrected chi connectivity index (χ2v) is 17.1. The zero-order chi connectivity index (χ0) is 45.5. The third-order valence-corrected chi connectivity index (χ3v) is 12.9. The smallest absolute Gasteiger partial charge is 0.264 e. The minimum Gasteiger partial charge on any atom is -0.404 e. The number of unbranched alkanes of at least 4 members (excludes halogenated alkanes) is 4. The van der Waals surface area contributed by atoms with E-state index in [0.29, 0.717) is 128 Å². The van der Waals surface area contributed by atoms with E-state index < -0.39 is 41.3 Å². The van der Waals surface area contributed by atoms with Crippen LogP contribution in [0.1, 0.15) is 88.3 Å². The standard InChI is InChI=1S/C48H55F2N9O6/c49-36-24-30(25-37(50)35(36)29-57-20-22-65-23-21-57)33-8-6-11-39-45(33)55-40(28-54-39)31(26-51)27-53-32-15-18-58(19-16-32)43(61)12-4-2-1-3-5-17-52-38-10-7-9-34-44(38)48(64)59(47(34)63)41-13-14-42(60)56-46(41)62/h6,8,10-11,24-28,32,41,52H,1-5,7,9,12-23,29,51H2,(H,56,60,62). The molecule has 1 aliphatic carbocycles. The molecule has 3 fully saturated rings. The van der Waals surface area contributed by atoms with Gasteiger partial charge in [-0.2, -0.15) is 0 Å². The Morgan fingerprint density at radius 3 is 2.46 bits per heavy atom. The van der Waals surface area contributed by atoms with Crippen molar-refractivity contribution in [2.75, 3.05) is 45.9 Å². The van der Waals surface area contributed by atoms with Gasteiger partial charge in [-0.05, 0) is 68.7 Å². The molecule has 3 aromatic rings. The number of imide groups is 2. The minimum absolute atomic E-state index is 0.00248. The number of para-hydroxylation sites is 1. The number of nitrogens with two attached hydrogens (primary N) is 1. The predicted molar refractivity (Wildman–Crippen MR) is 239 cm³/mol. The van der Waals surface area contributed by atoms with Crippen LogP contribution >= 0.6 is 0 Å². The van der Waals surface area contributed by atoms with Crippen LogP contribution in [0.2, 0.25) is 0 Å². The highest BCUT2D eigenvalue weighted by molar-refractivity contribution is 6.23. The zero-order valence-electron chi connectivity index (χ0n) is 36.5. The number of morpholine rings is 1. The summed E-state index contributed by atoms with van der Waals surface area (Å²) in [6.07, 6.45) is 14.2. The summed E-state index contributed by atoms with van der Waals surface area (Å²) in [5, 5.41) is 5.57. The first-order valence-corrected chi connectivity index (χ1v) is 22.8. The average Bonchev–Trinajstić information content (AvgIpc) is 3.57. The van der Waals surface area contributed by atoms with Crippen molar-refractivity contribution in [2.24, 2.45) is 10.7 Å². The van der Waals surface area contributed by atoms with Crippen LogP contribution in [0.3, 0.4) is 0 Å². The van der Waals surface area contributed by atoms with Crippen LogP contribution in [0, 0.1) is 11.6 Å². The van der Waals surface area contributed by atoms with Gasteiger partial charge in [-0.15, -0.1) is 0 Å². The Morgan fingerprint density at radius 2 is 1.71 bits per heavy atom. The van der Waals surface area contributed by atoms with Crippen molar-refractivity contribution in [1.82, 2.24) is 35.3 Å². The van der Waals surface area contributed by atoms with Gasteiger partial charge in [-0.3, -0.25) is 49.1 Å². The van der Waals surface area contributed by atoms with Crippen molar-refractivity contribution in [3.05, 3.63) is 88.5 Å². The molecule has 1 atom stereocenters. The number of nitrogens with one attached hydrogen (secondary N) is 2. The molecule has 0 spiro atoms. The average molecular weight is 892 g/mol. The van der Waals surface area contributed by atoms with Crippen molar-refractivity contribution in [2.45, 2.75) is 95.7 Å². The van der Waals surface area contributed by atoms with Crippen molar-refractivity contribution >= 4 is 52.4 Å². The summed E-state index contributed by atoms with van der Waals surface area (Å²) in [7, 11) is 0. The molecule has 5 aliphatic rings. The molecular weight excluding hydrogens is 837 g/mol. The van der Waals surface area contributed by atoms with Crippen LogP contribution in [0.5, 0.6) is 0 Å². The quantitative estimate of drug-likeness (QED) is 0.101. The molecule has 342 valence electrons. The summed E-state index contributed by atoms with van der Waals surface area (Å²) in [5.74, 6) is -3.05. The molecule has 5 heterocycles. The molecular formula is C48H55F2N9O6. The number of piperidine rings is 2. The number of carbonyl (C=O) groups is 5. The molecule has 0 saturated carbocycles. The van der Waals surface area contributed by atoms with E-state index in [1.807, 2.05) is 15.9 Å². The summed E-state index contributed by atoms with van der Waals surface area (Å²) in [6, 6.07) is 7.06. The fourth-order valence-corrected chi connectivity index (χ4v) is 9.19. The maximum absolute atomic E-state index is 15.4. The number of ether oxygens (including phenoxy) is 1. The van der Waals surface area contributed by atoms with E-state index in [1.165, 1.54) is 18.3 Å². The van der Waals surface area contributed by atoms with Crippen LogP contribution in [-0.2, 0) is 35.3 Å². The lowest BCUT2D eigenvalue weighted by molar-refractivity contribution is -0.150. The Bertz CT molecular complexity index is 2450. The molecule has 5 amide bonds. The molecule has 65 heavy (non-hydrogen) atoms. The molecule has 15 nitrogen and oxygen atoms in total. The van der Waals surface area contributed by atoms with E-state index in [9.17, 15) is 24.0 Å². The van der Waals surface area contributed by atoms with E-state index in [-0.39, 0.29) is 36.9 Å². The second-order valence-electron chi connectivity index (χ2n) is 17.1. The minimum atomic E-state index is -0.978. The number of fused-ring (bicyclic) bond motifs is 1. The van der Waals surface area contributed by atoms with Gasteiger partial charge in [0.05, 0.1) is 47.8 Å². The van der Waals surface area contributed by atoms with Crippen LogP contribution in [0.15, 0.2) is 70.6 Å². The molecule has 17 heteroatoms. The molecule has 2 aromatic carbocycles. The van der Waals surface area contributed by atoms with Crippen LogP contribution < -0.4 is 16.4 Å². The van der Waals surface area contributed by atoms with E-state index in [0.717, 1.165) is 37.0 Å². The zero-order valence-corrected chi connectivity index (χ0v) is 36.5. The monoisotopic (exact) mass is 891 g/mol. The number of hydrogen-bond donors (Lipinski definition) is 3. The first kappa shape index (κ1) is 45.4. The number of nitrogens with zero attached hydrogens (tertiary/aromatic N) is 6. The van der Waals surface area contributed by atoms with Crippen molar-refractivity contribution in [3.8, 4) is 11.1 Å². The van der Waals surface area contributed by atoms with E-state index >= 15 is 8.78 Å². The Balaban J connectivity index is 0.756. The van der Waals surface area contributed by atoms with Gasteiger partial charge < -0.3 is 20.7 Å². The Kier molecular flexibility index (Phi) is 14.5. The Morgan fingerprint density at radius 1 is 0.954 bits per heavy atom. The lowest BCUT2D eigenvalue weighted by Crippen LogP contribution is -2.54. The van der Waals surface area contributed by atoms with Gasteiger partial charge in [0, 0.05) is 92.5 Å². The topological polar surface area (TPSA) is 193 Å². The fourth-order valence-electron chi connectivity index (χ4n) is 9.19. The highest BCUT2D eigenvalue weighted by Gasteiger charge is 2.47. The van der Waals surface area contributed by atoms with Crippen molar-refractivity contribution < 1.29 is 37.5 Å². The van der Waals surface area contributed by atoms with Gasteiger partial charge in [0.25, 0.3) is 11.8 Å². The third-order valence-electron chi connectivity index (χ3n) is 12.9. The molecule has 4 aliphatic heterocycles. The van der Waals surface area contributed by atoms with Crippen LogP contribution in [-0.4, -0.2) is 118 Å². The van der Waals surface area contributed by atoms with Gasteiger partial charge in [0.1, 0.15) is 17.7 Å². The summed E-state index contributed by atoms with van der Waals surface area (Å²) in [5.41, 5.74) is 10.4. The number of aliphatic imine (C=N–C) groups is 1. The molecule has 0 bridgehead atoms. The lowest BCUT2D eigenvalue weighted by atomic mass is 9.96. The van der Waals surface area contributed by atoms with E-state index in [1.54, 1.807) is 30.6 Å². The number of rotatable bonds is 16. The highest BCUT2D eigenvalue weighted by atomic mass is 19.1. The van der Waals surface area contributed by atoms with Crippen LogP contribution in [0.4, 0.5) is 8.78 Å². The summed E-state index contributed by atoms with van der Waals surface area (Å²) in [6.45, 7) is 4.31. The number of allylic oxidation sites excluding steroid dienone is 2. The van der Waals surface area contributed by atoms with Crippen molar-refractivity contribution in [1.29, 1.82) is 0 Å². The van der Waals surface area contributed by atoms with Crippen molar-refractivity contribution in [3.63, 3.8) is 0 Å². The maximum Gasteiger partial charge on any atom is 0.264 e. The fraction of sp³-hybridized carbons (Fsp3) is 0.458. The number of likely N-dealkylation sites (tertiary alicyclic amines) is 1. The van der Waals surface area contributed by atoms with E-state index in [4.69, 9.17) is 20.4 Å². The lowest BCUT2D eigenvalue weighted by Gasteiger charge is -2.30. The largest absolute Gasteiger partial charge is 0.404 e. The van der Waals surface area contributed by atoms with Crippen LogP contribution in [0.25, 0.3) is 27.7 Å². The van der Waals surface area contributed by atoms with E-state index in [2.05, 4.69) is 15.6 Å². The summed E-state index contributed by atoms with van der Waals surface area (Å²) < 4.78 is 36.1. The second kappa shape index (κ2) is 20.7. The molecule has 0 radical (unpaired) electrons. The summed E-state index contributed by atoms with van der Waals surface area (Å²) in [4.78, 5) is 82.8. The number of aromatic nitrogens is 2. The maximum atomic E-state index is 15.4. The third kappa shape index (κ3) is 10.4. The SMILES string of the molecule is NC=C(C=NC1CCN(C(=O)CCCCCCCNC2=CCCC3=C2C(=O)N(C2CCC(=O)NC2=O)C3=O)CC1)c1cnc2cccc(-c3cc(F)c(CN4CCOCC4)c(F)c3)c2n1. The molecule has 3 saturated heterocycles. The van der Waals surface area contributed by atoms with Gasteiger partial charge in [-0.1, -0.05) is 37.5 Å². The number of carbonyl (C=O) groups excluding carboxylic acids is 5. The van der Waals surface area contributed by atoms with Gasteiger partial charge in [0.2, 0.25) is 17.7 Å². The van der Waals surface area contributed by atoms with Gasteiger partial charge in [-0.25, -0.2) is 13.8 Å².